The summed E-state index contributed by atoms with van der Waals surface area (Å²) in [6.07, 6.45) is 4.30. The van der Waals surface area contributed by atoms with Crippen molar-refractivity contribution in [3.8, 4) is 0 Å². The number of hydrogen-bond acceptors (Lipinski definition) is 3. The lowest BCUT2D eigenvalue weighted by molar-refractivity contribution is 0.0992. The van der Waals surface area contributed by atoms with Crippen LogP contribution in [0.2, 0.25) is 0 Å². The summed E-state index contributed by atoms with van der Waals surface area (Å²) in [5, 5.41) is 6.95. The molecule has 0 radical (unpaired) electrons. The molecule has 2 aliphatic rings. The number of ether oxygens (including phenoxy) is 1. The molecule has 1 aromatic rings. The Labute approximate surface area is 139 Å². The predicted molar refractivity (Wildman–Crippen MR) is 95.1 cm³/mol. The Bertz CT molecular complexity index is 584. The minimum absolute atomic E-state index is 0.361. The number of nitrogens with zero attached hydrogens (tertiary/aromatic N) is 2. The van der Waals surface area contributed by atoms with E-state index in [4.69, 9.17) is 4.74 Å². The Balaban J connectivity index is 1.56. The molecule has 126 valence electrons. The van der Waals surface area contributed by atoms with E-state index in [1.807, 2.05) is 7.05 Å². The van der Waals surface area contributed by atoms with E-state index in [-0.39, 0.29) is 0 Å². The average Bonchev–Trinajstić information content (AvgIpc) is 3.14. The van der Waals surface area contributed by atoms with Crippen molar-refractivity contribution in [3.63, 3.8) is 0 Å². The second kappa shape index (κ2) is 6.79. The van der Waals surface area contributed by atoms with Crippen LogP contribution >= 0.6 is 0 Å². The average molecular weight is 316 g/mol. The Kier molecular flexibility index (Phi) is 4.76. The van der Waals surface area contributed by atoms with Crippen LogP contribution in [-0.4, -0.2) is 45.4 Å². The van der Waals surface area contributed by atoms with E-state index in [0.717, 1.165) is 18.9 Å². The fourth-order valence-electron chi connectivity index (χ4n) is 3.50. The molecular weight excluding hydrogens is 288 g/mol. The van der Waals surface area contributed by atoms with Crippen molar-refractivity contribution in [2.45, 2.75) is 51.0 Å². The topological polar surface area (TPSA) is 48.9 Å². The zero-order valence-corrected chi connectivity index (χ0v) is 14.6. The standard InChI is InChI=1S/C18H28N4O/c1-12-9-14(22(3)4)6-5-13(12)11-20-18(19-2)21-16-10-15-7-8-17(16)23-15/h5-6,9,15-17H,7-8,10-11H2,1-4H3,(H2,19,20,21). The SMILES string of the molecule is CN=C(NCc1ccc(N(C)C)cc1C)NC1CC2CCC1O2. The summed E-state index contributed by atoms with van der Waals surface area (Å²) in [5.41, 5.74) is 3.82. The Morgan fingerprint density at radius 2 is 2.17 bits per heavy atom. The molecule has 0 amide bonds. The fourth-order valence-corrected chi connectivity index (χ4v) is 3.50. The van der Waals surface area contributed by atoms with Crippen molar-refractivity contribution in [2.75, 3.05) is 26.0 Å². The van der Waals surface area contributed by atoms with Gasteiger partial charge in [-0.05, 0) is 49.4 Å². The third-order valence-corrected chi connectivity index (χ3v) is 4.94. The second-order valence-corrected chi connectivity index (χ2v) is 6.79. The molecule has 3 atom stereocenters. The van der Waals surface area contributed by atoms with E-state index in [0.29, 0.717) is 18.2 Å². The fraction of sp³-hybridized carbons (Fsp3) is 0.611. The predicted octanol–water partition coefficient (Wildman–Crippen LogP) is 2.05. The number of guanidine groups is 1. The molecule has 0 aliphatic carbocycles. The number of aliphatic imine (C=N–C) groups is 1. The summed E-state index contributed by atoms with van der Waals surface area (Å²) in [6.45, 7) is 2.94. The van der Waals surface area contributed by atoms with Crippen molar-refractivity contribution in [2.24, 2.45) is 4.99 Å². The monoisotopic (exact) mass is 316 g/mol. The maximum atomic E-state index is 5.90. The van der Waals surface area contributed by atoms with Crippen molar-refractivity contribution in [1.29, 1.82) is 0 Å². The number of aryl methyl sites for hydroxylation is 1. The number of hydrogen-bond donors (Lipinski definition) is 2. The van der Waals surface area contributed by atoms with Gasteiger partial charge in [0, 0.05) is 33.4 Å². The summed E-state index contributed by atoms with van der Waals surface area (Å²) in [7, 11) is 5.96. The maximum absolute atomic E-state index is 5.90. The molecule has 2 saturated heterocycles. The molecule has 3 rings (SSSR count). The summed E-state index contributed by atoms with van der Waals surface area (Å²) < 4.78 is 5.90. The molecular formula is C18H28N4O. The minimum atomic E-state index is 0.361. The molecule has 5 heteroatoms. The van der Waals surface area contributed by atoms with Crippen LogP contribution in [0.5, 0.6) is 0 Å². The molecule has 5 nitrogen and oxygen atoms in total. The second-order valence-electron chi connectivity index (χ2n) is 6.79. The van der Waals surface area contributed by atoms with Gasteiger partial charge in [0.25, 0.3) is 0 Å². The van der Waals surface area contributed by atoms with Gasteiger partial charge in [0.2, 0.25) is 0 Å². The van der Waals surface area contributed by atoms with E-state index >= 15 is 0 Å². The smallest absolute Gasteiger partial charge is 0.191 e. The number of nitrogens with one attached hydrogen (secondary N) is 2. The number of rotatable bonds is 4. The summed E-state index contributed by atoms with van der Waals surface area (Å²) in [5.74, 6) is 0.863. The molecule has 23 heavy (non-hydrogen) atoms. The first-order chi connectivity index (χ1) is 11.1. The first-order valence-corrected chi connectivity index (χ1v) is 8.46. The van der Waals surface area contributed by atoms with Gasteiger partial charge < -0.3 is 20.3 Å². The van der Waals surface area contributed by atoms with Crippen LogP contribution in [0.1, 0.15) is 30.4 Å². The lowest BCUT2D eigenvalue weighted by atomic mass is 9.96. The van der Waals surface area contributed by atoms with Crippen molar-refractivity contribution in [3.05, 3.63) is 29.3 Å². The third-order valence-electron chi connectivity index (χ3n) is 4.94. The van der Waals surface area contributed by atoms with Gasteiger partial charge in [0.1, 0.15) is 0 Å². The molecule has 0 saturated carbocycles. The van der Waals surface area contributed by atoms with Gasteiger partial charge in [-0.2, -0.15) is 0 Å². The molecule has 1 aromatic carbocycles. The van der Waals surface area contributed by atoms with Gasteiger partial charge >= 0.3 is 0 Å². The van der Waals surface area contributed by atoms with Gasteiger partial charge in [-0.25, -0.2) is 0 Å². The summed E-state index contributed by atoms with van der Waals surface area (Å²) >= 11 is 0. The van der Waals surface area contributed by atoms with Crippen molar-refractivity contribution >= 4 is 11.6 Å². The van der Waals surface area contributed by atoms with E-state index in [2.05, 4.69) is 59.7 Å². The van der Waals surface area contributed by atoms with Crippen LogP contribution in [0, 0.1) is 6.92 Å². The van der Waals surface area contributed by atoms with E-state index in [9.17, 15) is 0 Å². The molecule has 0 spiro atoms. The van der Waals surface area contributed by atoms with Gasteiger partial charge in [-0.1, -0.05) is 6.07 Å². The van der Waals surface area contributed by atoms with Crippen LogP contribution in [0.3, 0.4) is 0 Å². The van der Waals surface area contributed by atoms with Crippen LogP contribution in [0.15, 0.2) is 23.2 Å². The Hall–Kier alpha value is -1.75. The van der Waals surface area contributed by atoms with E-state index < -0.39 is 0 Å². The molecule has 2 N–H and O–H groups in total. The normalized spacial score (nSPS) is 26.4. The molecule has 2 fully saturated rings. The quantitative estimate of drug-likeness (QED) is 0.659. The number of fused-ring (bicyclic) bond motifs is 2. The first-order valence-electron chi connectivity index (χ1n) is 8.46. The number of anilines is 1. The molecule has 3 unspecified atom stereocenters. The highest BCUT2D eigenvalue weighted by molar-refractivity contribution is 5.80. The van der Waals surface area contributed by atoms with E-state index in [1.165, 1.54) is 29.7 Å². The van der Waals surface area contributed by atoms with E-state index in [1.54, 1.807) is 0 Å². The summed E-state index contributed by atoms with van der Waals surface area (Å²) in [6, 6.07) is 6.96. The maximum Gasteiger partial charge on any atom is 0.191 e. The minimum Gasteiger partial charge on any atom is -0.378 e. The highest BCUT2D eigenvalue weighted by atomic mass is 16.5. The third kappa shape index (κ3) is 3.61. The molecule has 0 aromatic heterocycles. The highest BCUT2D eigenvalue weighted by Crippen LogP contribution is 2.34. The molecule has 2 aliphatic heterocycles. The van der Waals surface area contributed by atoms with Crippen molar-refractivity contribution in [1.82, 2.24) is 10.6 Å². The Morgan fingerprint density at radius 3 is 2.74 bits per heavy atom. The lowest BCUT2D eigenvalue weighted by Gasteiger charge is -2.23. The van der Waals surface area contributed by atoms with Crippen molar-refractivity contribution < 1.29 is 4.74 Å². The van der Waals surface area contributed by atoms with Crippen LogP contribution in [0.4, 0.5) is 5.69 Å². The van der Waals surface area contributed by atoms with Gasteiger partial charge in [0.05, 0.1) is 18.2 Å². The summed E-state index contributed by atoms with van der Waals surface area (Å²) in [4.78, 5) is 6.48. The molecule has 2 bridgehead atoms. The van der Waals surface area contributed by atoms with Gasteiger partial charge in [-0.3, -0.25) is 4.99 Å². The van der Waals surface area contributed by atoms with Gasteiger partial charge in [-0.15, -0.1) is 0 Å². The highest BCUT2D eigenvalue weighted by Gasteiger charge is 2.41. The zero-order chi connectivity index (χ0) is 16.4. The number of benzene rings is 1. The Morgan fingerprint density at radius 1 is 1.35 bits per heavy atom. The first kappa shape index (κ1) is 16.1. The molecule has 2 heterocycles. The van der Waals surface area contributed by atoms with Crippen LogP contribution in [0.25, 0.3) is 0 Å². The van der Waals surface area contributed by atoms with Gasteiger partial charge in [0.15, 0.2) is 5.96 Å². The largest absolute Gasteiger partial charge is 0.378 e. The van der Waals surface area contributed by atoms with Crippen LogP contribution in [-0.2, 0) is 11.3 Å². The lowest BCUT2D eigenvalue weighted by Crippen LogP contribution is -2.47. The zero-order valence-electron chi connectivity index (χ0n) is 14.6. The van der Waals surface area contributed by atoms with Crippen LogP contribution < -0.4 is 15.5 Å².